The molecular weight excluding hydrogens is 526 g/mol. The second kappa shape index (κ2) is 10.3. The van der Waals surface area contributed by atoms with Crippen LogP contribution in [0.4, 0.5) is 17.1 Å². The molecule has 1 aromatic heterocycles. The molecule has 8 rings (SSSR count). The molecule has 4 nitrogen and oxygen atoms in total. The van der Waals surface area contributed by atoms with E-state index in [0.717, 1.165) is 28.2 Å². The van der Waals surface area contributed by atoms with Gasteiger partial charge in [-0.2, -0.15) is 0 Å². The number of hydrogen-bond acceptors (Lipinski definition) is 4. The minimum atomic E-state index is -0.482. The highest BCUT2D eigenvalue weighted by Gasteiger charge is 2.46. The van der Waals surface area contributed by atoms with Crippen LogP contribution in [0.25, 0.3) is 22.9 Å². The van der Waals surface area contributed by atoms with Crippen molar-refractivity contribution >= 4 is 17.1 Å². The van der Waals surface area contributed by atoms with E-state index in [4.69, 9.17) is 4.42 Å². The minimum absolute atomic E-state index is 0.482. The number of para-hydroxylation sites is 2. The van der Waals surface area contributed by atoms with Crippen LogP contribution >= 0.6 is 0 Å². The summed E-state index contributed by atoms with van der Waals surface area (Å²) < 4.78 is 6.04. The predicted octanol–water partition coefficient (Wildman–Crippen LogP) is 9.57. The van der Waals surface area contributed by atoms with Gasteiger partial charge in [-0.1, -0.05) is 115 Å². The molecule has 0 atom stereocenters. The fourth-order valence-corrected chi connectivity index (χ4v) is 6.48. The Kier molecular flexibility index (Phi) is 5.97. The van der Waals surface area contributed by atoms with Crippen molar-refractivity contribution in [2.45, 2.75) is 5.41 Å². The van der Waals surface area contributed by atoms with E-state index in [1.807, 2.05) is 30.3 Å². The van der Waals surface area contributed by atoms with E-state index in [1.54, 1.807) is 0 Å². The molecule has 0 bridgehead atoms. The van der Waals surface area contributed by atoms with E-state index >= 15 is 0 Å². The monoisotopic (exact) mass is 553 g/mol. The standard InChI is InChI=1S/C39H27N3O/c1-4-14-28(15-5-1)37-40-41-38(43-37)29-24-26-32(27-25-29)42-35-22-12-10-20-33(35)39(30-16-6-2-7-17-30,31-18-8-3-9-19-31)34-21-11-13-23-36(34)42/h1-27H. The summed E-state index contributed by atoms with van der Waals surface area (Å²) in [5.41, 5.74) is 9.59. The first-order valence-corrected chi connectivity index (χ1v) is 14.4. The zero-order chi connectivity index (χ0) is 28.6. The van der Waals surface area contributed by atoms with Crippen molar-refractivity contribution in [2.75, 3.05) is 4.90 Å². The number of anilines is 3. The zero-order valence-electron chi connectivity index (χ0n) is 23.3. The Hall–Kier alpha value is -5.74. The summed E-state index contributed by atoms with van der Waals surface area (Å²) in [5.74, 6) is 1.01. The maximum atomic E-state index is 6.04. The van der Waals surface area contributed by atoms with Crippen LogP contribution in [0.3, 0.4) is 0 Å². The van der Waals surface area contributed by atoms with Gasteiger partial charge in [0.25, 0.3) is 0 Å². The molecule has 6 aromatic carbocycles. The number of benzene rings is 6. The Morgan fingerprint density at radius 3 is 1.35 bits per heavy atom. The molecule has 0 amide bonds. The Labute approximate surface area is 250 Å². The van der Waals surface area contributed by atoms with Gasteiger partial charge in [0.15, 0.2) is 0 Å². The van der Waals surface area contributed by atoms with E-state index in [-0.39, 0.29) is 0 Å². The van der Waals surface area contributed by atoms with Gasteiger partial charge >= 0.3 is 0 Å². The molecule has 0 unspecified atom stereocenters. The van der Waals surface area contributed by atoms with E-state index < -0.39 is 5.41 Å². The molecule has 0 saturated heterocycles. The van der Waals surface area contributed by atoms with Crippen LogP contribution < -0.4 is 4.90 Å². The molecule has 0 fully saturated rings. The normalized spacial score (nSPS) is 13.3. The molecule has 0 aliphatic carbocycles. The average molecular weight is 554 g/mol. The molecule has 7 aromatic rings. The number of nitrogens with zero attached hydrogens (tertiary/aromatic N) is 3. The van der Waals surface area contributed by atoms with Gasteiger partial charge in [-0.15, -0.1) is 10.2 Å². The Morgan fingerprint density at radius 2 is 0.837 bits per heavy atom. The molecular formula is C39H27N3O. The van der Waals surface area contributed by atoms with E-state index in [2.05, 4.69) is 149 Å². The highest BCUT2D eigenvalue weighted by molar-refractivity contribution is 5.89. The third-order valence-electron chi connectivity index (χ3n) is 8.33. The summed E-state index contributed by atoms with van der Waals surface area (Å²) in [7, 11) is 0. The minimum Gasteiger partial charge on any atom is -0.416 e. The zero-order valence-corrected chi connectivity index (χ0v) is 23.3. The third kappa shape index (κ3) is 3.99. The van der Waals surface area contributed by atoms with Gasteiger partial charge in [0.1, 0.15) is 0 Å². The molecule has 0 spiro atoms. The average Bonchev–Trinajstić information content (AvgIpc) is 3.59. The van der Waals surface area contributed by atoms with Gasteiger partial charge in [0.2, 0.25) is 11.8 Å². The summed E-state index contributed by atoms with van der Waals surface area (Å²) in [6, 6.07) is 57.5. The second-order valence-corrected chi connectivity index (χ2v) is 10.7. The summed E-state index contributed by atoms with van der Waals surface area (Å²) in [5, 5.41) is 8.61. The first kappa shape index (κ1) is 25.0. The summed E-state index contributed by atoms with van der Waals surface area (Å²) in [6.45, 7) is 0. The topological polar surface area (TPSA) is 42.2 Å². The molecule has 2 heterocycles. The summed E-state index contributed by atoms with van der Waals surface area (Å²) in [4.78, 5) is 2.36. The van der Waals surface area contributed by atoms with E-state index in [9.17, 15) is 0 Å². The summed E-state index contributed by atoms with van der Waals surface area (Å²) >= 11 is 0. The first-order valence-electron chi connectivity index (χ1n) is 14.4. The fourth-order valence-electron chi connectivity index (χ4n) is 6.48. The van der Waals surface area contributed by atoms with Crippen LogP contribution in [0.5, 0.6) is 0 Å². The van der Waals surface area contributed by atoms with Crippen molar-refractivity contribution in [1.29, 1.82) is 0 Å². The molecule has 204 valence electrons. The van der Waals surface area contributed by atoms with E-state index in [1.165, 1.54) is 22.3 Å². The van der Waals surface area contributed by atoms with Crippen LogP contribution in [0, 0.1) is 0 Å². The number of rotatable bonds is 5. The largest absolute Gasteiger partial charge is 0.416 e. The maximum absolute atomic E-state index is 6.04. The molecule has 1 aliphatic heterocycles. The van der Waals surface area contributed by atoms with Crippen LogP contribution in [-0.2, 0) is 5.41 Å². The number of aromatic nitrogens is 2. The van der Waals surface area contributed by atoms with Gasteiger partial charge < -0.3 is 9.32 Å². The third-order valence-corrected chi connectivity index (χ3v) is 8.33. The first-order chi connectivity index (χ1) is 21.3. The lowest BCUT2D eigenvalue weighted by molar-refractivity contribution is 0.584. The molecule has 1 aliphatic rings. The summed E-state index contributed by atoms with van der Waals surface area (Å²) in [6.07, 6.45) is 0. The highest BCUT2D eigenvalue weighted by atomic mass is 16.4. The number of hydrogen-bond donors (Lipinski definition) is 0. The SMILES string of the molecule is c1ccc(-c2nnc(-c3ccc(N4c5ccccc5C(c5ccccc5)(c5ccccc5)c5ccccc54)cc3)o2)cc1. The molecule has 4 heteroatoms. The lowest BCUT2D eigenvalue weighted by atomic mass is 9.62. The Balaban J connectivity index is 1.29. The van der Waals surface area contributed by atoms with Crippen molar-refractivity contribution < 1.29 is 4.42 Å². The molecule has 0 radical (unpaired) electrons. The van der Waals surface area contributed by atoms with Crippen molar-refractivity contribution in [3.8, 4) is 22.9 Å². The molecule has 0 N–H and O–H groups in total. The van der Waals surface area contributed by atoms with Crippen molar-refractivity contribution in [2.24, 2.45) is 0 Å². The van der Waals surface area contributed by atoms with Gasteiger partial charge in [-0.3, -0.25) is 0 Å². The van der Waals surface area contributed by atoms with Crippen LogP contribution in [-0.4, -0.2) is 10.2 Å². The van der Waals surface area contributed by atoms with Crippen molar-refractivity contribution in [3.63, 3.8) is 0 Å². The van der Waals surface area contributed by atoms with Gasteiger partial charge in [0.05, 0.1) is 16.8 Å². The van der Waals surface area contributed by atoms with Crippen LogP contribution in [0.2, 0.25) is 0 Å². The lowest BCUT2D eigenvalue weighted by Crippen LogP contribution is -2.37. The lowest BCUT2D eigenvalue weighted by Gasteiger charge is -2.46. The van der Waals surface area contributed by atoms with Gasteiger partial charge in [-0.25, -0.2) is 0 Å². The Bertz CT molecular complexity index is 1930. The number of fused-ring (bicyclic) bond motifs is 2. The fraction of sp³-hybridized carbons (Fsp3) is 0.0256. The smallest absolute Gasteiger partial charge is 0.248 e. The molecule has 43 heavy (non-hydrogen) atoms. The van der Waals surface area contributed by atoms with Gasteiger partial charge in [0, 0.05) is 16.8 Å². The van der Waals surface area contributed by atoms with Crippen molar-refractivity contribution in [1.82, 2.24) is 10.2 Å². The second-order valence-electron chi connectivity index (χ2n) is 10.7. The van der Waals surface area contributed by atoms with E-state index in [0.29, 0.717) is 11.8 Å². The van der Waals surface area contributed by atoms with Crippen LogP contribution in [0.1, 0.15) is 22.3 Å². The van der Waals surface area contributed by atoms with Gasteiger partial charge in [-0.05, 0) is 70.8 Å². The quantitative estimate of drug-likeness (QED) is 0.213. The Morgan fingerprint density at radius 1 is 0.419 bits per heavy atom. The highest BCUT2D eigenvalue weighted by Crippen LogP contribution is 2.57. The van der Waals surface area contributed by atoms with Crippen molar-refractivity contribution in [3.05, 3.63) is 186 Å². The molecule has 0 saturated carbocycles. The van der Waals surface area contributed by atoms with Crippen LogP contribution in [0.15, 0.2) is 168 Å². The predicted molar refractivity (Wildman–Crippen MR) is 172 cm³/mol. The maximum Gasteiger partial charge on any atom is 0.248 e.